The number of amides is 1. The minimum Gasteiger partial charge on any atom is -0.356 e. The Kier molecular flexibility index (Phi) is 7.69. The van der Waals surface area contributed by atoms with Gasteiger partial charge in [-0.25, -0.2) is 0 Å². The van der Waals surface area contributed by atoms with E-state index in [0.29, 0.717) is 18.9 Å². The molecular formula is C10H22N2O. The highest BCUT2D eigenvalue weighted by Crippen LogP contribution is 1.98. The van der Waals surface area contributed by atoms with Crippen molar-refractivity contribution in [2.75, 3.05) is 13.1 Å². The van der Waals surface area contributed by atoms with Crippen LogP contribution >= 0.6 is 0 Å². The lowest BCUT2D eigenvalue weighted by Crippen LogP contribution is -2.27. The highest BCUT2D eigenvalue weighted by atomic mass is 16.1. The molecule has 3 N–H and O–H groups in total. The second-order valence-electron chi connectivity index (χ2n) is 3.56. The predicted octanol–water partition coefficient (Wildman–Crippen LogP) is 1.28. The van der Waals surface area contributed by atoms with Crippen LogP contribution in [0.1, 0.15) is 39.5 Å². The third kappa shape index (κ3) is 7.78. The van der Waals surface area contributed by atoms with Crippen LogP contribution in [0.5, 0.6) is 0 Å². The zero-order valence-electron chi connectivity index (χ0n) is 8.81. The van der Waals surface area contributed by atoms with E-state index >= 15 is 0 Å². The molecule has 0 fully saturated rings. The SMILES string of the molecule is CCC(C)CNC(=O)CCCCN. The molecule has 0 aromatic heterocycles. The van der Waals surface area contributed by atoms with Crippen molar-refractivity contribution >= 4 is 5.91 Å². The van der Waals surface area contributed by atoms with E-state index < -0.39 is 0 Å². The van der Waals surface area contributed by atoms with Gasteiger partial charge in [0.05, 0.1) is 0 Å². The number of hydrogen-bond acceptors (Lipinski definition) is 2. The lowest BCUT2D eigenvalue weighted by Gasteiger charge is -2.09. The summed E-state index contributed by atoms with van der Waals surface area (Å²) >= 11 is 0. The van der Waals surface area contributed by atoms with E-state index in [1.54, 1.807) is 0 Å². The molecule has 0 rings (SSSR count). The minimum atomic E-state index is 0.161. The minimum absolute atomic E-state index is 0.161. The van der Waals surface area contributed by atoms with Crippen LogP contribution in [0.15, 0.2) is 0 Å². The highest BCUT2D eigenvalue weighted by molar-refractivity contribution is 5.75. The molecule has 0 heterocycles. The summed E-state index contributed by atoms with van der Waals surface area (Å²) in [7, 11) is 0. The Hall–Kier alpha value is -0.570. The molecule has 0 aliphatic rings. The van der Waals surface area contributed by atoms with E-state index in [2.05, 4.69) is 19.2 Å². The van der Waals surface area contributed by atoms with Crippen molar-refractivity contribution in [1.82, 2.24) is 5.32 Å². The van der Waals surface area contributed by atoms with Gasteiger partial charge in [-0.2, -0.15) is 0 Å². The second kappa shape index (κ2) is 8.05. The summed E-state index contributed by atoms with van der Waals surface area (Å²) in [4.78, 5) is 11.2. The second-order valence-corrected chi connectivity index (χ2v) is 3.56. The molecule has 0 bridgehead atoms. The summed E-state index contributed by atoms with van der Waals surface area (Å²) in [5.74, 6) is 0.743. The van der Waals surface area contributed by atoms with Crippen LogP contribution in [0.4, 0.5) is 0 Å². The third-order valence-corrected chi connectivity index (χ3v) is 2.20. The molecule has 0 aliphatic heterocycles. The number of carbonyl (C=O) groups excluding carboxylic acids is 1. The van der Waals surface area contributed by atoms with Gasteiger partial charge in [-0.1, -0.05) is 20.3 Å². The van der Waals surface area contributed by atoms with Crippen LogP contribution in [-0.4, -0.2) is 19.0 Å². The predicted molar refractivity (Wildman–Crippen MR) is 55.4 cm³/mol. The van der Waals surface area contributed by atoms with E-state index in [-0.39, 0.29) is 5.91 Å². The maximum absolute atomic E-state index is 11.2. The van der Waals surface area contributed by atoms with Crippen molar-refractivity contribution in [3.8, 4) is 0 Å². The van der Waals surface area contributed by atoms with Gasteiger partial charge in [0, 0.05) is 13.0 Å². The van der Waals surface area contributed by atoms with E-state index in [9.17, 15) is 4.79 Å². The fraction of sp³-hybridized carbons (Fsp3) is 0.900. The average Bonchev–Trinajstić information content (AvgIpc) is 2.14. The molecule has 78 valence electrons. The maximum Gasteiger partial charge on any atom is 0.220 e. The van der Waals surface area contributed by atoms with Gasteiger partial charge >= 0.3 is 0 Å². The van der Waals surface area contributed by atoms with Crippen LogP contribution in [0.2, 0.25) is 0 Å². The molecule has 0 aromatic rings. The fourth-order valence-electron chi connectivity index (χ4n) is 0.951. The summed E-state index contributed by atoms with van der Waals surface area (Å²) in [6.07, 6.45) is 3.58. The number of carbonyl (C=O) groups is 1. The summed E-state index contributed by atoms with van der Waals surface area (Å²) in [5.41, 5.74) is 5.33. The Balaban J connectivity index is 3.30. The number of rotatable bonds is 7. The largest absolute Gasteiger partial charge is 0.356 e. The first-order chi connectivity index (χ1) is 6.20. The van der Waals surface area contributed by atoms with Crippen LogP contribution in [-0.2, 0) is 4.79 Å². The van der Waals surface area contributed by atoms with E-state index in [1.807, 2.05) is 0 Å². The van der Waals surface area contributed by atoms with Crippen LogP contribution in [0, 0.1) is 5.92 Å². The number of unbranched alkanes of at least 4 members (excludes halogenated alkanes) is 1. The van der Waals surface area contributed by atoms with E-state index in [0.717, 1.165) is 25.8 Å². The van der Waals surface area contributed by atoms with Crippen LogP contribution in [0.3, 0.4) is 0 Å². The van der Waals surface area contributed by atoms with Crippen molar-refractivity contribution < 1.29 is 4.79 Å². The Labute approximate surface area is 81.1 Å². The third-order valence-electron chi connectivity index (χ3n) is 2.20. The normalized spacial score (nSPS) is 12.5. The first-order valence-electron chi connectivity index (χ1n) is 5.17. The molecular weight excluding hydrogens is 164 g/mol. The quantitative estimate of drug-likeness (QED) is 0.588. The zero-order valence-corrected chi connectivity index (χ0v) is 8.81. The van der Waals surface area contributed by atoms with Crippen LogP contribution < -0.4 is 11.1 Å². The molecule has 0 spiro atoms. The average molecular weight is 186 g/mol. The van der Waals surface area contributed by atoms with Gasteiger partial charge in [0.25, 0.3) is 0 Å². The van der Waals surface area contributed by atoms with Gasteiger partial charge in [-0.3, -0.25) is 4.79 Å². The molecule has 0 saturated carbocycles. The molecule has 3 heteroatoms. The standard InChI is InChI=1S/C10H22N2O/c1-3-9(2)8-12-10(13)6-4-5-7-11/h9H,3-8,11H2,1-2H3,(H,12,13). The Bertz CT molecular complexity index is 137. The van der Waals surface area contributed by atoms with Crippen LogP contribution in [0.25, 0.3) is 0 Å². The molecule has 0 radical (unpaired) electrons. The Morgan fingerprint density at radius 2 is 2.15 bits per heavy atom. The molecule has 0 saturated heterocycles. The molecule has 13 heavy (non-hydrogen) atoms. The first-order valence-corrected chi connectivity index (χ1v) is 5.17. The van der Waals surface area contributed by atoms with Gasteiger partial charge in [0.15, 0.2) is 0 Å². The summed E-state index contributed by atoms with van der Waals surface area (Å²) in [6, 6.07) is 0. The van der Waals surface area contributed by atoms with Gasteiger partial charge < -0.3 is 11.1 Å². The number of nitrogens with one attached hydrogen (secondary N) is 1. The lowest BCUT2D eigenvalue weighted by atomic mass is 10.1. The molecule has 3 nitrogen and oxygen atoms in total. The Morgan fingerprint density at radius 1 is 1.46 bits per heavy atom. The summed E-state index contributed by atoms with van der Waals surface area (Å²) < 4.78 is 0. The van der Waals surface area contributed by atoms with Gasteiger partial charge in [-0.15, -0.1) is 0 Å². The lowest BCUT2D eigenvalue weighted by molar-refractivity contribution is -0.121. The highest BCUT2D eigenvalue weighted by Gasteiger charge is 2.02. The van der Waals surface area contributed by atoms with Gasteiger partial charge in [-0.05, 0) is 25.3 Å². The number of nitrogens with two attached hydrogens (primary N) is 1. The van der Waals surface area contributed by atoms with Gasteiger partial charge in [0.1, 0.15) is 0 Å². The first kappa shape index (κ1) is 12.4. The summed E-state index contributed by atoms with van der Waals surface area (Å²) in [5, 5.41) is 2.91. The van der Waals surface area contributed by atoms with Crippen molar-refractivity contribution in [3.05, 3.63) is 0 Å². The zero-order chi connectivity index (χ0) is 10.1. The molecule has 0 aromatic carbocycles. The van der Waals surface area contributed by atoms with Crippen molar-refractivity contribution in [3.63, 3.8) is 0 Å². The molecule has 1 atom stereocenters. The molecule has 1 unspecified atom stereocenters. The van der Waals surface area contributed by atoms with Crippen molar-refractivity contribution in [2.24, 2.45) is 11.7 Å². The van der Waals surface area contributed by atoms with E-state index in [1.165, 1.54) is 0 Å². The molecule has 0 aliphatic carbocycles. The van der Waals surface area contributed by atoms with Gasteiger partial charge in [0.2, 0.25) is 5.91 Å². The number of hydrogen-bond donors (Lipinski definition) is 2. The van der Waals surface area contributed by atoms with Crippen molar-refractivity contribution in [2.45, 2.75) is 39.5 Å². The summed E-state index contributed by atoms with van der Waals surface area (Å²) in [6.45, 7) is 5.75. The smallest absolute Gasteiger partial charge is 0.220 e. The topological polar surface area (TPSA) is 55.1 Å². The van der Waals surface area contributed by atoms with Crippen molar-refractivity contribution in [1.29, 1.82) is 0 Å². The Morgan fingerprint density at radius 3 is 2.69 bits per heavy atom. The molecule has 1 amide bonds. The monoisotopic (exact) mass is 186 g/mol. The van der Waals surface area contributed by atoms with E-state index in [4.69, 9.17) is 5.73 Å². The fourth-order valence-corrected chi connectivity index (χ4v) is 0.951. The maximum atomic E-state index is 11.2.